The molecule has 0 spiro atoms. The number of amides is 1. The van der Waals surface area contributed by atoms with E-state index in [4.69, 9.17) is 21.3 Å². The molecule has 0 aliphatic rings. The summed E-state index contributed by atoms with van der Waals surface area (Å²) in [6, 6.07) is 20.9. The molecule has 0 saturated carbocycles. The molecular formula is C25H24ClN3O2. The Hall–Kier alpha value is -3.31. The maximum absolute atomic E-state index is 12.5. The van der Waals surface area contributed by atoms with Crippen LogP contribution in [0.25, 0.3) is 11.0 Å². The van der Waals surface area contributed by atoms with Gasteiger partial charge in [-0.3, -0.25) is 4.79 Å². The van der Waals surface area contributed by atoms with Gasteiger partial charge in [-0.05, 0) is 67.4 Å². The Morgan fingerprint density at radius 3 is 2.68 bits per heavy atom. The SMILES string of the molecule is Cc1ccc(OCCn2c(CNC(=O)c3cccc(Cl)c3)nc3ccccc32)cc1C. The first-order chi connectivity index (χ1) is 15.0. The third-order valence-corrected chi connectivity index (χ3v) is 5.52. The maximum Gasteiger partial charge on any atom is 0.251 e. The largest absolute Gasteiger partial charge is 0.492 e. The first kappa shape index (κ1) is 20.9. The molecule has 1 heterocycles. The molecule has 0 saturated heterocycles. The van der Waals surface area contributed by atoms with Crippen LogP contribution in [-0.2, 0) is 13.1 Å². The number of rotatable bonds is 7. The molecule has 0 atom stereocenters. The lowest BCUT2D eigenvalue weighted by atomic mass is 10.1. The fourth-order valence-corrected chi connectivity index (χ4v) is 3.65. The van der Waals surface area contributed by atoms with Crippen molar-refractivity contribution in [2.75, 3.05) is 6.61 Å². The quantitative estimate of drug-likeness (QED) is 0.429. The third-order valence-electron chi connectivity index (χ3n) is 5.29. The molecule has 0 fully saturated rings. The summed E-state index contributed by atoms with van der Waals surface area (Å²) < 4.78 is 8.07. The van der Waals surface area contributed by atoms with Gasteiger partial charge in [-0.1, -0.05) is 35.9 Å². The zero-order chi connectivity index (χ0) is 21.8. The van der Waals surface area contributed by atoms with Crippen LogP contribution in [0.4, 0.5) is 0 Å². The van der Waals surface area contributed by atoms with E-state index in [1.54, 1.807) is 24.3 Å². The summed E-state index contributed by atoms with van der Waals surface area (Å²) in [5, 5.41) is 3.47. The van der Waals surface area contributed by atoms with Crippen LogP contribution in [0.15, 0.2) is 66.7 Å². The molecule has 6 heteroatoms. The van der Waals surface area contributed by atoms with E-state index in [0.717, 1.165) is 22.6 Å². The number of hydrogen-bond donors (Lipinski definition) is 1. The smallest absolute Gasteiger partial charge is 0.251 e. The van der Waals surface area contributed by atoms with Gasteiger partial charge < -0.3 is 14.6 Å². The van der Waals surface area contributed by atoms with E-state index in [1.165, 1.54) is 11.1 Å². The molecule has 1 aromatic heterocycles. The van der Waals surface area contributed by atoms with E-state index in [-0.39, 0.29) is 5.91 Å². The molecule has 0 radical (unpaired) electrons. The van der Waals surface area contributed by atoms with E-state index in [1.807, 2.05) is 36.4 Å². The van der Waals surface area contributed by atoms with Gasteiger partial charge in [-0.2, -0.15) is 0 Å². The van der Waals surface area contributed by atoms with Gasteiger partial charge in [-0.15, -0.1) is 0 Å². The summed E-state index contributed by atoms with van der Waals surface area (Å²) in [6.45, 7) is 5.59. The van der Waals surface area contributed by atoms with Crippen molar-refractivity contribution in [3.05, 3.63) is 94.3 Å². The fourth-order valence-electron chi connectivity index (χ4n) is 3.46. The highest BCUT2D eigenvalue weighted by atomic mass is 35.5. The molecule has 158 valence electrons. The number of aromatic nitrogens is 2. The minimum absolute atomic E-state index is 0.188. The fraction of sp³-hybridized carbons (Fsp3) is 0.200. The number of ether oxygens (including phenoxy) is 1. The third kappa shape index (κ3) is 4.89. The normalized spacial score (nSPS) is 10.9. The molecule has 0 aliphatic carbocycles. The second-order valence-electron chi connectivity index (χ2n) is 7.46. The Bertz CT molecular complexity index is 1230. The zero-order valence-electron chi connectivity index (χ0n) is 17.6. The molecule has 5 nitrogen and oxygen atoms in total. The molecular weight excluding hydrogens is 410 g/mol. The molecule has 1 N–H and O–H groups in total. The average molecular weight is 434 g/mol. The molecule has 3 aromatic carbocycles. The van der Waals surface area contributed by atoms with Crippen molar-refractivity contribution >= 4 is 28.5 Å². The number of fused-ring (bicyclic) bond motifs is 1. The minimum atomic E-state index is -0.188. The first-order valence-corrected chi connectivity index (χ1v) is 10.6. The Labute approximate surface area is 186 Å². The molecule has 4 rings (SSSR count). The summed E-state index contributed by atoms with van der Waals surface area (Å²) in [4.78, 5) is 17.2. The van der Waals surface area contributed by atoms with Crippen molar-refractivity contribution in [3.8, 4) is 5.75 Å². The standard InChI is InChI=1S/C25H24ClN3O2/c1-17-10-11-21(14-18(17)2)31-13-12-29-23-9-4-3-8-22(23)28-24(29)16-27-25(30)19-6-5-7-20(26)15-19/h3-11,14-15H,12-13,16H2,1-2H3,(H,27,30). The predicted molar refractivity (Wildman–Crippen MR) is 124 cm³/mol. The second kappa shape index (κ2) is 9.23. The van der Waals surface area contributed by atoms with E-state index < -0.39 is 0 Å². The highest BCUT2D eigenvalue weighted by Gasteiger charge is 2.13. The van der Waals surface area contributed by atoms with Gasteiger partial charge in [0.25, 0.3) is 5.91 Å². The topological polar surface area (TPSA) is 56.1 Å². The van der Waals surface area contributed by atoms with Crippen molar-refractivity contribution in [3.63, 3.8) is 0 Å². The average Bonchev–Trinajstić information content (AvgIpc) is 3.12. The molecule has 1 amide bonds. The van der Waals surface area contributed by atoms with Crippen LogP contribution in [0.1, 0.15) is 27.3 Å². The highest BCUT2D eigenvalue weighted by molar-refractivity contribution is 6.30. The van der Waals surface area contributed by atoms with Crippen LogP contribution in [0.3, 0.4) is 0 Å². The lowest BCUT2D eigenvalue weighted by Crippen LogP contribution is -2.25. The zero-order valence-corrected chi connectivity index (χ0v) is 18.3. The number of carbonyl (C=O) groups excluding carboxylic acids is 1. The minimum Gasteiger partial charge on any atom is -0.492 e. The summed E-state index contributed by atoms with van der Waals surface area (Å²) >= 11 is 6.00. The monoisotopic (exact) mass is 433 g/mol. The number of para-hydroxylation sites is 2. The Kier molecular flexibility index (Phi) is 6.23. The highest BCUT2D eigenvalue weighted by Crippen LogP contribution is 2.19. The summed E-state index contributed by atoms with van der Waals surface area (Å²) in [5.41, 5.74) is 4.87. The van der Waals surface area contributed by atoms with Crippen LogP contribution in [0.2, 0.25) is 5.02 Å². The van der Waals surface area contributed by atoms with Crippen molar-refractivity contribution in [1.82, 2.24) is 14.9 Å². The summed E-state index contributed by atoms with van der Waals surface area (Å²) in [5.74, 6) is 1.44. The number of hydrogen-bond acceptors (Lipinski definition) is 3. The molecule has 0 aliphatic heterocycles. The van der Waals surface area contributed by atoms with Crippen molar-refractivity contribution in [1.29, 1.82) is 0 Å². The van der Waals surface area contributed by atoms with Gasteiger partial charge >= 0.3 is 0 Å². The first-order valence-electron chi connectivity index (χ1n) is 10.2. The molecule has 0 bridgehead atoms. The van der Waals surface area contributed by atoms with Crippen molar-refractivity contribution in [2.24, 2.45) is 0 Å². The van der Waals surface area contributed by atoms with Crippen LogP contribution in [0, 0.1) is 13.8 Å². The number of benzene rings is 3. The van der Waals surface area contributed by atoms with Crippen LogP contribution >= 0.6 is 11.6 Å². The summed E-state index contributed by atoms with van der Waals surface area (Å²) in [6.07, 6.45) is 0. The van der Waals surface area contributed by atoms with Gasteiger partial charge in [-0.25, -0.2) is 4.98 Å². The van der Waals surface area contributed by atoms with Gasteiger partial charge in [0, 0.05) is 10.6 Å². The van der Waals surface area contributed by atoms with E-state index >= 15 is 0 Å². The number of nitrogens with zero attached hydrogens (tertiary/aromatic N) is 2. The molecule has 31 heavy (non-hydrogen) atoms. The van der Waals surface area contributed by atoms with Crippen molar-refractivity contribution in [2.45, 2.75) is 26.9 Å². The Balaban J connectivity index is 1.48. The van der Waals surface area contributed by atoms with Gasteiger partial charge in [0.15, 0.2) is 0 Å². The van der Waals surface area contributed by atoms with E-state index in [0.29, 0.717) is 30.3 Å². The van der Waals surface area contributed by atoms with Gasteiger partial charge in [0.2, 0.25) is 0 Å². The van der Waals surface area contributed by atoms with E-state index in [9.17, 15) is 4.79 Å². The molecule has 0 unspecified atom stereocenters. The lowest BCUT2D eigenvalue weighted by Gasteiger charge is -2.12. The van der Waals surface area contributed by atoms with E-state index in [2.05, 4.69) is 29.8 Å². The lowest BCUT2D eigenvalue weighted by molar-refractivity contribution is 0.0949. The summed E-state index contributed by atoms with van der Waals surface area (Å²) in [7, 11) is 0. The Morgan fingerprint density at radius 1 is 1.03 bits per heavy atom. The predicted octanol–water partition coefficient (Wildman–Crippen LogP) is 5.32. The number of carbonyl (C=O) groups is 1. The second-order valence-corrected chi connectivity index (χ2v) is 7.89. The number of imidazole rings is 1. The Morgan fingerprint density at radius 2 is 1.87 bits per heavy atom. The van der Waals surface area contributed by atoms with Crippen molar-refractivity contribution < 1.29 is 9.53 Å². The number of halogens is 1. The van der Waals surface area contributed by atoms with Crippen LogP contribution < -0.4 is 10.1 Å². The maximum atomic E-state index is 12.5. The number of aryl methyl sites for hydroxylation is 2. The van der Waals surface area contributed by atoms with Crippen LogP contribution in [0.5, 0.6) is 5.75 Å². The number of nitrogens with one attached hydrogen (secondary N) is 1. The molecule has 4 aromatic rings. The van der Waals surface area contributed by atoms with Gasteiger partial charge in [0.1, 0.15) is 18.2 Å². The van der Waals surface area contributed by atoms with Crippen LogP contribution in [-0.4, -0.2) is 22.1 Å². The van der Waals surface area contributed by atoms with Gasteiger partial charge in [0.05, 0.1) is 24.1 Å².